The van der Waals surface area contributed by atoms with Crippen LogP contribution in [0.3, 0.4) is 0 Å². The zero-order valence-electron chi connectivity index (χ0n) is 10.5. The van der Waals surface area contributed by atoms with Gasteiger partial charge in [0.15, 0.2) is 0 Å². The molecule has 3 heteroatoms. The standard InChI is InChI=1S/C12H26N2S/c1-4-13-9-12-5-7-14(10-12)11(2)6-8-15-3/h11-13H,4-10H2,1-3H3. The minimum Gasteiger partial charge on any atom is -0.317 e. The molecule has 0 saturated carbocycles. The predicted octanol–water partition coefficient (Wildman–Crippen LogP) is 2.06. The van der Waals surface area contributed by atoms with E-state index >= 15 is 0 Å². The molecule has 0 spiro atoms. The summed E-state index contributed by atoms with van der Waals surface area (Å²) in [4.78, 5) is 2.66. The second kappa shape index (κ2) is 7.53. The van der Waals surface area contributed by atoms with Crippen LogP contribution in [0.5, 0.6) is 0 Å². The van der Waals surface area contributed by atoms with Gasteiger partial charge in [0, 0.05) is 12.6 Å². The van der Waals surface area contributed by atoms with E-state index in [9.17, 15) is 0 Å². The molecule has 0 aromatic rings. The lowest BCUT2D eigenvalue weighted by molar-refractivity contribution is 0.244. The maximum atomic E-state index is 3.46. The van der Waals surface area contributed by atoms with Crippen molar-refractivity contribution in [1.82, 2.24) is 10.2 Å². The highest BCUT2D eigenvalue weighted by atomic mass is 32.2. The number of hydrogen-bond acceptors (Lipinski definition) is 3. The molecule has 15 heavy (non-hydrogen) atoms. The normalized spacial score (nSPS) is 24.6. The molecule has 1 heterocycles. The third-order valence-corrected chi connectivity index (χ3v) is 4.01. The molecule has 90 valence electrons. The van der Waals surface area contributed by atoms with Gasteiger partial charge in [0.25, 0.3) is 0 Å². The highest BCUT2D eigenvalue weighted by Gasteiger charge is 2.24. The summed E-state index contributed by atoms with van der Waals surface area (Å²) in [7, 11) is 0. The first-order valence-electron chi connectivity index (χ1n) is 6.21. The molecule has 1 N–H and O–H groups in total. The van der Waals surface area contributed by atoms with Crippen molar-refractivity contribution < 1.29 is 0 Å². The number of rotatable bonds is 7. The molecule has 1 aliphatic rings. The fourth-order valence-corrected chi connectivity index (χ4v) is 2.83. The Hall–Kier alpha value is 0.270. The third kappa shape index (κ3) is 4.75. The fraction of sp³-hybridized carbons (Fsp3) is 1.00. The van der Waals surface area contributed by atoms with Gasteiger partial charge in [0.2, 0.25) is 0 Å². The van der Waals surface area contributed by atoms with Crippen LogP contribution in [-0.4, -0.2) is 49.1 Å². The van der Waals surface area contributed by atoms with Crippen LogP contribution in [0, 0.1) is 5.92 Å². The molecule has 0 aromatic heterocycles. The van der Waals surface area contributed by atoms with Crippen molar-refractivity contribution in [1.29, 1.82) is 0 Å². The van der Waals surface area contributed by atoms with Gasteiger partial charge >= 0.3 is 0 Å². The van der Waals surface area contributed by atoms with Crippen LogP contribution in [0.25, 0.3) is 0 Å². The van der Waals surface area contributed by atoms with Crippen molar-refractivity contribution in [2.45, 2.75) is 32.7 Å². The Morgan fingerprint density at radius 3 is 3.00 bits per heavy atom. The maximum Gasteiger partial charge on any atom is 0.00749 e. The molecule has 0 aromatic carbocycles. The van der Waals surface area contributed by atoms with Crippen LogP contribution in [0.1, 0.15) is 26.7 Å². The molecule has 1 saturated heterocycles. The first kappa shape index (κ1) is 13.3. The molecule has 1 aliphatic heterocycles. The molecule has 2 unspecified atom stereocenters. The summed E-state index contributed by atoms with van der Waals surface area (Å²) in [6.07, 6.45) is 4.93. The van der Waals surface area contributed by atoms with Crippen LogP contribution in [0.15, 0.2) is 0 Å². The quantitative estimate of drug-likeness (QED) is 0.721. The highest BCUT2D eigenvalue weighted by Crippen LogP contribution is 2.19. The summed E-state index contributed by atoms with van der Waals surface area (Å²) in [6.45, 7) is 9.51. The average Bonchev–Trinajstić information content (AvgIpc) is 2.71. The van der Waals surface area contributed by atoms with E-state index in [1.165, 1.54) is 38.2 Å². The van der Waals surface area contributed by atoms with Crippen LogP contribution < -0.4 is 5.32 Å². The summed E-state index contributed by atoms with van der Waals surface area (Å²) in [6, 6.07) is 0.782. The van der Waals surface area contributed by atoms with Gasteiger partial charge in [-0.1, -0.05) is 6.92 Å². The van der Waals surface area contributed by atoms with E-state index in [2.05, 4.69) is 30.3 Å². The summed E-state index contributed by atoms with van der Waals surface area (Å²) in [5.41, 5.74) is 0. The van der Waals surface area contributed by atoms with Crippen molar-refractivity contribution >= 4 is 11.8 Å². The lowest BCUT2D eigenvalue weighted by Crippen LogP contribution is -2.33. The first-order valence-corrected chi connectivity index (χ1v) is 7.61. The topological polar surface area (TPSA) is 15.3 Å². The minimum atomic E-state index is 0.782. The summed E-state index contributed by atoms with van der Waals surface area (Å²) >= 11 is 1.96. The Labute approximate surface area is 99.2 Å². The van der Waals surface area contributed by atoms with Gasteiger partial charge in [-0.25, -0.2) is 0 Å². The van der Waals surface area contributed by atoms with Crippen molar-refractivity contribution in [2.24, 2.45) is 5.92 Å². The van der Waals surface area contributed by atoms with E-state index in [0.29, 0.717) is 0 Å². The van der Waals surface area contributed by atoms with Crippen molar-refractivity contribution in [2.75, 3.05) is 38.2 Å². The molecular weight excluding hydrogens is 204 g/mol. The Kier molecular flexibility index (Phi) is 6.69. The van der Waals surface area contributed by atoms with Gasteiger partial charge in [-0.2, -0.15) is 11.8 Å². The zero-order valence-corrected chi connectivity index (χ0v) is 11.3. The third-order valence-electron chi connectivity index (χ3n) is 3.36. The largest absolute Gasteiger partial charge is 0.317 e. The Bertz CT molecular complexity index is 164. The molecule has 0 amide bonds. The number of nitrogens with zero attached hydrogens (tertiary/aromatic N) is 1. The second-order valence-corrected chi connectivity index (χ2v) is 5.57. The minimum absolute atomic E-state index is 0.782. The van der Waals surface area contributed by atoms with Crippen LogP contribution >= 0.6 is 11.8 Å². The van der Waals surface area contributed by atoms with Gasteiger partial charge in [0.05, 0.1) is 0 Å². The molecule has 1 rings (SSSR count). The van der Waals surface area contributed by atoms with Gasteiger partial charge in [-0.15, -0.1) is 0 Å². The van der Waals surface area contributed by atoms with E-state index in [1.807, 2.05) is 11.8 Å². The van der Waals surface area contributed by atoms with E-state index in [1.54, 1.807) is 0 Å². The summed E-state index contributed by atoms with van der Waals surface area (Å²) < 4.78 is 0. The molecule has 0 radical (unpaired) electrons. The maximum absolute atomic E-state index is 3.46. The first-order chi connectivity index (χ1) is 7.27. The number of thioether (sulfide) groups is 1. The molecule has 2 nitrogen and oxygen atoms in total. The molecular formula is C12H26N2S. The van der Waals surface area contributed by atoms with Crippen LogP contribution in [0.2, 0.25) is 0 Å². The average molecular weight is 230 g/mol. The van der Waals surface area contributed by atoms with Gasteiger partial charge in [-0.05, 0) is 57.3 Å². The molecule has 0 aliphatic carbocycles. The Balaban J connectivity index is 2.17. The van der Waals surface area contributed by atoms with Gasteiger partial charge < -0.3 is 10.2 Å². The zero-order chi connectivity index (χ0) is 11.1. The smallest absolute Gasteiger partial charge is 0.00749 e. The highest BCUT2D eigenvalue weighted by molar-refractivity contribution is 7.98. The Morgan fingerprint density at radius 2 is 2.33 bits per heavy atom. The molecule has 2 atom stereocenters. The summed E-state index contributed by atoms with van der Waals surface area (Å²) in [5, 5.41) is 3.46. The van der Waals surface area contributed by atoms with Crippen LogP contribution in [0.4, 0.5) is 0 Å². The summed E-state index contributed by atoms with van der Waals surface area (Å²) in [5.74, 6) is 2.19. The van der Waals surface area contributed by atoms with E-state index in [4.69, 9.17) is 0 Å². The lowest BCUT2D eigenvalue weighted by Gasteiger charge is -2.24. The second-order valence-electron chi connectivity index (χ2n) is 4.59. The van der Waals surface area contributed by atoms with Crippen molar-refractivity contribution in [3.05, 3.63) is 0 Å². The van der Waals surface area contributed by atoms with Crippen LogP contribution in [-0.2, 0) is 0 Å². The fourth-order valence-electron chi connectivity index (χ4n) is 2.25. The SMILES string of the molecule is CCNCC1CCN(C(C)CCSC)C1. The number of nitrogens with one attached hydrogen (secondary N) is 1. The number of hydrogen-bond donors (Lipinski definition) is 1. The van der Waals surface area contributed by atoms with Crippen molar-refractivity contribution in [3.63, 3.8) is 0 Å². The monoisotopic (exact) mass is 230 g/mol. The van der Waals surface area contributed by atoms with Gasteiger partial charge in [0.1, 0.15) is 0 Å². The van der Waals surface area contributed by atoms with E-state index < -0.39 is 0 Å². The predicted molar refractivity (Wildman–Crippen MR) is 70.7 cm³/mol. The van der Waals surface area contributed by atoms with Gasteiger partial charge in [-0.3, -0.25) is 0 Å². The molecule has 0 bridgehead atoms. The lowest BCUT2D eigenvalue weighted by atomic mass is 10.1. The van der Waals surface area contributed by atoms with E-state index in [0.717, 1.165) is 18.5 Å². The number of likely N-dealkylation sites (tertiary alicyclic amines) is 1. The molecule has 1 fully saturated rings. The van der Waals surface area contributed by atoms with E-state index in [-0.39, 0.29) is 0 Å². The van der Waals surface area contributed by atoms with Crippen molar-refractivity contribution in [3.8, 4) is 0 Å². The Morgan fingerprint density at radius 1 is 1.53 bits per heavy atom.